The molecule has 3 heteroatoms. The molecule has 0 aliphatic rings. The molecule has 64 valence electrons. The van der Waals surface area contributed by atoms with Crippen LogP contribution in [-0.4, -0.2) is 18.4 Å². The molecule has 2 rings (SSSR count). The molecule has 2 heterocycles. The zero-order chi connectivity index (χ0) is 8.77. The summed E-state index contributed by atoms with van der Waals surface area (Å²) in [6.07, 6.45) is 0. The Hall–Kier alpha value is 0.459. The van der Waals surface area contributed by atoms with E-state index in [1.165, 1.54) is 4.70 Å². The van der Waals surface area contributed by atoms with Gasteiger partial charge in [-0.05, 0) is 0 Å². The van der Waals surface area contributed by atoms with E-state index in [9.17, 15) is 0 Å². The van der Waals surface area contributed by atoms with Gasteiger partial charge in [-0.15, -0.1) is 0 Å². The maximum absolute atomic E-state index is 2.48. The average Bonchev–Trinajstić information content (AvgIpc) is 2.37. The molecule has 0 aliphatic carbocycles. The van der Waals surface area contributed by atoms with Gasteiger partial charge in [0.05, 0.1) is 0 Å². The van der Waals surface area contributed by atoms with Crippen molar-refractivity contribution in [2.24, 2.45) is 0 Å². The van der Waals surface area contributed by atoms with Crippen LogP contribution < -0.4 is 3.58 Å². The number of thiophene rings is 2. The molecule has 0 atom stereocenters. The molecule has 0 bridgehead atoms. The summed E-state index contributed by atoms with van der Waals surface area (Å²) < 4.78 is 4.77. The van der Waals surface area contributed by atoms with Crippen LogP contribution in [0.1, 0.15) is 0 Å². The van der Waals surface area contributed by atoms with Crippen LogP contribution >= 0.6 is 22.7 Å². The number of rotatable bonds is 1. The third-order valence-electron chi connectivity index (χ3n) is 1.99. The van der Waals surface area contributed by atoms with Crippen LogP contribution in [0, 0.1) is 0 Å². The fourth-order valence-corrected chi connectivity index (χ4v) is 12.2. The molecule has 0 saturated heterocycles. The molecule has 0 nitrogen and oxygen atoms in total. The minimum absolute atomic E-state index is 1.49. The first-order chi connectivity index (χ1) is 5.59. The van der Waals surface area contributed by atoms with Crippen LogP contribution in [0.3, 0.4) is 0 Å². The summed E-state index contributed by atoms with van der Waals surface area (Å²) in [7, 11) is 0. The van der Waals surface area contributed by atoms with Crippen molar-refractivity contribution in [2.45, 2.75) is 14.8 Å². The normalized spacial score (nSPS) is 12.6. The quantitative estimate of drug-likeness (QED) is 0.707. The third-order valence-corrected chi connectivity index (χ3v) is 10.9. The summed E-state index contributed by atoms with van der Waals surface area (Å²) in [4.78, 5) is 7.45. The van der Waals surface area contributed by atoms with Gasteiger partial charge in [0.25, 0.3) is 0 Å². The van der Waals surface area contributed by atoms with Crippen LogP contribution in [-0.2, 0) is 0 Å². The van der Waals surface area contributed by atoms with E-state index in [-0.39, 0.29) is 0 Å². The Morgan fingerprint density at radius 2 is 1.92 bits per heavy atom. The molecule has 0 fully saturated rings. The Bertz CT molecular complexity index is 392. The van der Waals surface area contributed by atoms with Crippen LogP contribution in [0.25, 0.3) is 9.40 Å². The van der Waals surface area contributed by atoms with Crippen molar-refractivity contribution in [3.05, 3.63) is 16.8 Å². The zero-order valence-corrected chi connectivity index (χ0v) is 12.0. The fourth-order valence-electron chi connectivity index (χ4n) is 1.28. The Kier molecular flexibility index (Phi) is 2.25. The third kappa shape index (κ3) is 1.44. The monoisotopic (exact) mass is 304 g/mol. The standard InChI is InChI=1S/C6H3S2.3CH3.Sn/c1-3-7-6-2-4-8-5(1)6;;;;/h1,3-4H;3*1H3;. The van der Waals surface area contributed by atoms with E-state index in [1.807, 2.05) is 22.7 Å². The minimum atomic E-state index is -1.80. The molecule has 0 N–H and O–H groups in total. The van der Waals surface area contributed by atoms with Gasteiger partial charge in [0.1, 0.15) is 0 Å². The van der Waals surface area contributed by atoms with Crippen molar-refractivity contribution in [1.82, 2.24) is 0 Å². The molecular formula is C9H12S2Sn. The summed E-state index contributed by atoms with van der Waals surface area (Å²) in [5.41, 5.74) is 0. The molecule has 0 aromatic carbocycles. The zero-order valence-electron chi connectivity index (χ0n) is 7.55. The van der Waals surface area contributed by atoms with Crippen LogP contribution in [0.2, 0.25) is 14.8 Å². The van der Waals surface area contributed by atoms with E-state index in [0.29, 0.717) is 0 Å². The summed E-state index contributed by atoms with van der Waals surface area (Å²) >= 11 is 2.02. The van der Waals surface area contributed by atoms with Gasteiger partial charge in [0.15, 0.2) is 0 Å². The first-order valence-corrected chi connectivity index (χ1v) is 15.8. The molecule has 0 spiro atoms. The van der Waals surface area contributed by atoms with Gasteiger partial charge in [-0.25, -0.2) is 0 Å². The first kappa shape index (κ1) is 9.03. The summed E-state index contributed by atoms with van der Waals surface area (Å²) in [5, 5.41) is 4.60. The van der Waals surface area contributed by atoms with Crippen molar-refractivity contribution in [3.63, 3.8) is 0 Å². The van der Waals surface area contributed by atoms with Crippen molar-refractivity contribution in [2.75, 3.05) is 0 Å². The predicted molar refractivity (Wildman–Crippen MR) is 62.7 cm³/mol. The maximum atomic E-state index is 2.48. The van der Waals surface area contributed by atoms with Crippen molar-refractivity contribution < 1.29 is 0 Å². The van der Waals surface area contributed by atoms with Crippen molar-refractivity contribution in [3.8, 4) is 0 Å². The van der Waals surface area contributed by atoms with Gasteiger partial charge in [-0.2, -0.15) is 0 Å². The van der Waals surface area contributed by atoms with Crippen LogP contribution in [0.4, 0.5) is 0 Å². The predicted octanol–water partition coefficient (Wildman–Crippen LogP) is 3.51. The molecule has 2 aromatic heterocycles. The Morgan fingerprint density at radius 1 is 1.17 bits per heavy atom. The molecule has 0 aliphatic heterocycles. The summed E-state index contributed by atoms with van der Waals surface area (Å²) in [6.45, 7) is 0. The topological polar surface area (TPSA) is 0 Å². The van der Waals surface area contributed by atoms with Crippen LogP contribution in [0.15, 0.2) is 16.8 Å². The van der Waals surface area contributed by atoms with Gasteiger partial charge >= 0.3 is 85.7 Å². The van der Waals surface area contributed by atoms with Crippen molar-refractivity contribution in [1.29, 1.82) is 0 Å². The molecule has 0 unspecified atom stereocenters. The van der Waals surface area contributed by atoms with Gasteiger partial charge in [0.2, 0.25) is 0 Å². The average molecular weight is 303 g/mol. The fraction of sp³-hybridized carbons (Fsp3) is 0.333. The SMILES string of the molecule is [CH3][Sn]([CH3])([CH3])[c]1csc2ccsc12. The van der Waals surface area contributed by atoms with E-state index in [0.717, 1.165) is 0 Å². The second-order valence-corrected chi connectivity index (χ2v) is 20.2. The second-order valence-electron chi connectivity index (χ2n) is 4.01. The van der Waals surface area contributed by atoms with Gasteiger partial charge in [-0.3, -0.25) is 0 Å². The molecular weight excluding hydrogens is 291 g/mol. The van der Waals surface area contributed by atoms with Crippen LogP contribution in [0.5, 0.6) is 0 Å². The molecule has 12 heavy (non-hydrogen) atoms. The summed E-state index contributed by atoms with van der Waals surface area (Å²) in [5.74, 6) is 0. The molecule has 0 radical (unpaired) electrons. The summed E-state index contributed by atoms with van der Waals surface area (Å²) in [6, 6.07) is 2.24. The number of fused-ring (bicyclic) bond motifs is 1. The Balaban J connectivity index is 2.69. The Labute approximate surface area is 85.1 Å². The first-order valence-electron chi connectivity index (χ1n) is 4.04. The van der Waals surface area contributed by atoms with E-state index in [4.69, 9.17) is 0 Å². The number of hydrogen-bond donors (Lipinski definition) is 0. The van der Waals surface area contributed by atoms with E-state index < -0.39 is 18.4 Å². The molecule has 0 amide bonds. The Morgan fingerprint density at radius 3 is 2.58 bits per heavy atom. The number of hydrogen-bond acceptors (Lipinski definition) is 2. The van der Waals surface area contributed by atoms with E-state index in [2.05, 4.69) is 31.6 Å². The van der Waals surface area contributed by atoms with Crippen molar-refractivity contribution >= 4 is 54.0 Å². The van der Waals surface area contributed by atoms with E-state index >= 15 is 0 Å². The molecule has 0 saturated carbocycles. The second kappa shape index (κ2) is 2.99. The van der Waals surface area contributed by atoms with Gasteiger partial charge in [0, 0.05) is 0 Å². The van der Waals surface area contributed by atoms with Gasteiger partial charge < -0.3 is 0 Å². The van der Waals surface area contributed by atoms with Gasteiger partial charge in [-0.1, -0.05) is 0 Å². The molecule has 2 aromatic rings. The van der Waals surface area contributed by atoms with E-state index in [1.54, 1.807) is 8.28 Å².